The maximum Gasteiger partial charge on any atom is 0.118 e. The number of nitrogen functional groups attached to an aromatic ring is 1. The monoisotopic (exact) mass is 244 g/mol. The van der Waals surface area contributed by atoms with Gasteiger partial charge in [-0.1, -0.05) is 28.9 Å². The van der Waals surface area contributed by atoms with Crippen molar-refractivity contribution in [1.82, 2.24) is 0 Å². The van der Waals surface area contributed by atoms with Crippen molar-refractivity contribution in [2.75, 3.05) is 5.73 Å². The molecule has 1 aliphatic carbocycles. The lowest BCUT2D eigenvalue weighted by Crippen LogP contribution is -1.98. The summed E-state index contributed by atoms with van der Waals surface area (Å²) < 4.78 is 0. The van der Waals surface area contributed by atoms with E-state index in [2.05, 4.69) is 5.16 Å². The van der Waals surface area contributed by atoms with E-state index in [0.29, 0.717) is 16.4 Å². The molecule has 0 radical (unpaired) electrons. The molecule has 1 aliphatic rings. The molecule has 0 heterocycles. The Kier molecular flexibility index (Phi) is 2.09. The molecule has 2 aromatic rings. The summed E-state index contributed by atoms with van der Waals surface area (Å²) in [7, 11) is 0. The summed E-state index contributed by atoms with van der Waals surface area (Å²) in [6, 6.07) is 11.1. The summed E-state index contributed by atoms with van der Waals surface area (Å²) in [5.74, 6) is 0. The SMILES string of the molecule is Nc1ccc2c(c1)C(=NO)c1cc(Cl)ccc1-2. The number of halogens is 1. The zero-order chi connectivity index (χ0) is 12.0. The van der Waals surface area contributed by atoms with Gasteiger partial charge in [0.25, 0.3) is 0 Å². The fraction of sp³-hybridized carbons (Fsp3) is 0. The Morgan fingerprint density at radius 3 is 2.29 bits per heavy atom. The molecule has 0 unspecified atom stereocenters. The molecule has 0 atom stereocenters. The number of oxime groups is 1. The zero-order valence-corrected chi connectivity index (χ0v) is 9.57. The van der Waals surface area contributed by atoms with Crippen LogP contribution in [0.25, 0.3) is 11.1 Å². The molecule has 3 nitrogen and oxygen atoms in total. The first-order valence-corrected chi connectivity index (χ1v) is 5.51. The van der Waals surface area contributed by atoms with Gasteiger partial charge in [-0.25, -0.2) is 0 Å². The lowest BCUT2D eigenvalue weighted by Gasteiger charge is -2.00. The molecular formula is C13H9ClN2O. The van der Waals surface area contributed by atoms with Gasteiger partial charge in [-0.2, -0.15) is 0 Å². The first kappa shape index (κ1) is 10.2. The highest BCUT2D eigenvalue weighted by molar-refractivity contribution is 6.32. The van der Waals surface area contributed by atoms with Crippen molar-refractivity contribution < 1.29 is 5.21 Å². The predicted molar refractivity (Wildman–Crippen MR) is 68.7 cm³/mol. The van der Waals surface area contributed by atoms with Gasteiger partial charge in [-0.15, -0.1) is 0 Å². The molecule has 0 aromatic heterocycles. The summed E-state index contributed by atoms with van der Waals surface area (Å²) in [5.41, 5.74) is 10.6. The Morgan fingerprint density at radius 2 is 1.59 bits per heavy atom. The van der Waals surface area contributed by atoms with Gasteiger partial charge in [-0.05, 0) is 35.4 Å². The van der Waals surface area contributed by atoms with Gasteiger partial charge in [0.15, 0.2) is 0 Å². The molecule has 0 saturated heterocycles. The van der Waals surface area contributed by atoms with Crippen LogP contribution in [0, 0.1) is 0 Å². The average molecular weight is 245 g/mol. The van der Waals surface area contributed by atoms with E-state index in [1.54, 1.807) is 12.1 Å². The maximum absolute atomic E-state index is 9.15. The highest BCUT2D eigenvalue weighted by Crippen LogP contribution is 2.38. The van der Waals surface area contributed by atoms with Gasteiger partial charge in [0.1, 0.15) is 5.71 Å². The summed E-state index contributed by atoms with van der Waals surface area (Å²) in [6.07, 6.45) is 0. The van der Waals surface area contributed by atoms with E-state index in [-0.39, 0.29) is 0 Å². The van der Waals surface area contributed by atoms with Crippen LogP contribution in [0.5, 0.6) is 0 Å². The van der Waals surface area contributed by atoms with E-state index >= 15 is 0 Å². The number of nitrogens with zero attached hydrogens (tertiary/aromatic N) is 1. The molecule has 0 saturated carbocycles. The minimum absolute atomic E-state index is 0.518. The van der Waals surface area contributed by atoms with Gasteiger partial charge in [0.2, 0.25) is 0 Å². The third kappa shape index (κ3) is 1.40. The second-order valence-corrected chi connectivity index (χ2v) is 4.38. The second kappa shape index (κ2) is 3.50. The summed E-state index contributed by atoms with van der Waals surface area (Å²) in [5, 5.41) is 13.1. The Balaban J connectivity index is 2.37. The largest absolute Gasteiger partial charge is 0.410 e. The third-order valence-corrected chi connectivity index (χ3v) is 3.16. The molecule has 3 N–H and O–H groups in total. The van der Waals surface area contributed by atoms with Gasteiger partial charge >= 0.3 is 0 Å². The quantitative estimate of drug-likeness (QED) is 0.363. The van der Waals surface area contributed by atoms with Crippen LogP contribution < -0.4 is 5.73 Å². The number of nitrogens with two attached hydrogens (primary N) is 1. The molecule has 2 aromatic carbocycles. The average Bonchev–Trinajstić information content (AvgIpc) is 2.60. The van der Waals surface area contributed by atoms with E-state index in [4.69, 9.17) is 22.5 Å². The smallest absolute Gasteiger partial charge is 0.118 e. The van der Waals surface area contributed by atoms with Crippen LogP contribution >= 0.6 is 11.6 Å². The number of rotatable bonds is 0. The Hall–Kier alpha value is -2.00. The fourth-order valence-corrected chi connectivity index (χ4v) is 2.36. The Morgan fingerprint density at radius 1 is 0.941 bits per heavy atom. The molecule has 84 valence electrons. The maximum atomic E-state index is 9.15. The molecule has 0 spiro atoms. The van der Waals surface area contributed by atoms with Crippen LogP contribution in [0.4, 0.5) is 5.69 Å². The first-order chi connectivity index (χ1) is 8.20. The minimum atomic E-state index is 0.518. The number of hydrogen-bond acceptors (Lipinski definition) is 3. The van der Waals surface area contributed by atoms with Crippen molar-refractivity contribution in [3.8, 4) is 11.1 Å². The van der Waals surface area contributed by atoms with Crippen molar-refractivity contribution in [2.45, 2.75) is 0 Å². The number of hydrogen-bond donors (Lipinski definition) is 2. The Labute approximate surface area is 103 Å². The highest BCUT2D eigenvalue weighted by Gasteiger charge is 2.25. The van der Waals surface area contributed by atoms with Crippen molar-refractivity contribution >= 4 is 23.0 Å². The molecule has 0 fully saturated rings. The summed E-state index contributed by atoms with van der Waals surface area (Å²) >= 11 is 5.96. The zero-order valence-electron chi connectivity index (χ0n) is 8.81. The third-order valence-electron chi connectivity index (χ3n) is 2.93. The van der Waals surface area contributed by atoms with E-state index in [0.717, 1.165) is 22.3 Å². The molecule has 0 amide bonds. The van der Waals surface area contributed by atoms with Crippen molar-refractivity contribution in [3.63, 3.8) is 0 Å². The van der Waals surface area contributed by atoms with E-state index in [1.807, 2.05) is 24.3 Å². The number of anilines is 1. The van der Waals surface area contributed by atoms with E-state index in [9.17, 15) is 0 Å². The molecule has 0 bridgehead atoms. The topological polar surface area (TPSA) is 58.6 Å². The van der Waals surface area contributed by atoms with Crippen LogP contribution in [0.2, 0.25) is 5.02 Å². The summed E-state index contributed by atoms with van der Waals surface area (Å²) in [6.45, 7) is 0. The van der Waals surface area contributed by atoms with E-state index in [1.165, 1.54) is 0 Å². The second-order valence-electron chi connectivity index (χ2n) is 3.94. The minimum Gasteiger partial charge on any atom is -0.410 e. The van der Waals surface area contributed by atoms with E-state index < -0.39 is 0 Å². The van der Waals surface area contributed by atoms with Crippen LogP contribution in [-0.4, -0.2) is 10.9 Å². The van der Waals surface area contributed by atoms with Crippen LogP contribution in [0.1, 0.15) is 11.1 Å². The number of benzene rings is 2. The van der Waals surface area contributed by atoms with Crippen LogP contribution in [-0.2, 0) is 0 Å². The predicted octanol–water partition coefficient (Wildman–Crippen LogP) is 3.13. The van der Waals surface area contributed by atoms with Gasteiger partial charge < -0.3 is 10.9 Å². The lowest BCUT2D eigenvalue weighted by atomic mass is 10.1. The Bertz CT molecular complexity index is 596. The molecular weight excluding hydrogens is 236 g/mol. The highest BCUT2D eigenvalue weighted by atomic mass is 35.5. The van der Waals surface area contributed by atoms with Crippen molar-refractivity contribution in [3.05, 3.63) is 52.5 Å². The van der Waals surface area contributed by atoms with Gasteiger partial charge in [0.05, 0.1) is 0 Å². The molecule has 17 heavy (non-hydrogen) atoms. The molecule has 3 rings (SSSR count). The number of fused-ring (bicyclic) bond motifs is 3. The van der Waals surface area contributed by atoms with Gasteiger partial charge in [0, 0.05) is 21.8 Å². The lowest BCUT2D eigenvalue weighted by molar-refractivity contribution is 0.320. The van der Waals surface area contributed by atoms with Crippen molar-refractivity contribution in [1.29, 1.82) is 0 Å². The van der Waals surface area contributed by atoms with Crippen LogP contribution in [0.15, 0.2) is 41.6 Å². The molecule has 4 heteroatoms. The fourth-order valence-electron chi connectivity index (χ4n) is 2.19. The standard InChI is InChI=1S/C13H9ClN2O/c14-7-1-3-9-10-4-2-8(15)6-12(10)13(16-17)11(9)5-7/h1-6,17H,15H2. The summed E-state index contributed by atoms with van der Waals surface area (Å²) in [4.78, 5) is 0. The normalized spacial score (nSPS) is 14.8. The van der Waals surface area contributed by atoms with Crippen molar-refractivity contribution in [2.24, 2.45) is 5.16 Å². The first-order valence-electron chi connectivity index (χ1n) is 5.13. The molecule has 0 aliphatic heterocycles. The van der Waals surface area contributed by atoms with Crippen LogP contribution in [0.3, 0.4) is 0 Å². The van der Waals surface area contributed by atoms with Gasteiger partial charge in [-0.3, -0.25) is 0 Å².